The Bertz CT molecular complexity index is 752. The highest BCUT2D eigenvalue weighted by Gasteiger charge is 2.15. The molecule has 2 aromatic carbocycles. The van der Waals surface area contributed by atoms with Crippen molar-refractivity contribution >= 4 is 22.7 Å². The quantitative estimate of drug-likeness (QED) is 0.776. The van der Waals surface area contributed by atoms with Gasteiger partial charge in [0.25, 0.3) is 0 Å². The van der Waals surface area contributed by atoms with E-state index in [1.807, 2.05) is 31.2 Å². The molecule has 4 heteroatoms. The van der Waals surface area contributed by atoms with Gasteiger partial charge in [0.15, 0.2) is 5.58 Å². The largest absolute Gasteiger partial charge is 0.439 e. The molecule has 3 rings (SSSR count). The molecule has 0 bridgehead atoms. The van der Waals surface area contributed by atoms with E-state index in [1.54, 1.807) is 6.07 Å². The normalized spacial score (nSPS) is 12.7. The maximum absolute atomic E-state index is 6.21. The smallest absolute Gasteiger partial charge is 0.212 e. The van der Waals surface area contributed by atoms with E-state index in [0.29, 0.717) is 10.9 Å². The number of benzene rings is 2. The van der Waals surface area contributed by atoms with E-state index < -0.39 is 0 Å². The van der Waals surface area contributed by atoms with Gasteiger partial charge in [0, 0.05) is 5.02 Å². The lowest BCUT2D eigenvalue weighted by atomic mass is 10.1. The highest BCUT2D eigenvalue weighted by molar-refractivity contribution is 6.31. The van der Waals surface area contributed by atoms with Crippen LogP contribution in [0.3, 0.4) is 0 Å². The van der Waals surface area contributed by atoms with Crippen LogP contribution >= 0.6 is 11.6 Å². The van der Waals surface area contributed by atoms with Crippen LogP contribution in [-0.4, -0.2) is 4.98 Å². The van der Waals surface area contributed by atoms with Crippen LogP contribution in [0.25, 0.3) is 11.1 Å². The van der Waals surface area contributed by atoms with Crippen LogP contribution in [0, 0.1) is 6.92 Å². The molecule has 0 aliphatic rings. The Hall–Kier alpha value is -1.84. The summed E-state index contributed by atoms with van der Waals surface area (Å²) in [7, 11) is 0. The summed E-state index contributed by atoms with van der Waals surface area (Å²) >= 11 is 6.04. The van der Waals surface area contributed by atoms with E-state index in [9.17, 15) is 0 Å². The van der Waals surface area contributed by atoms with Gasteiger partial charge >= 0.3 is 0 Å². The van der Waals surface area contributed by atoms with Gasteiger partial charge in [0.1, 0.15) is 5.52 Å². The number of hydrogen-bond donors (Lipinski definition) is 1. The molecule has 1 unspecified atom stereocenters. The average molecular weight is 301 g/mol. The van der Waals surface area contributed by atoms with Crippen LogP contribution in [0.5, 0.6) is 0 Å². The first kappa shape index (κ1) is 14.1. The Morgan fingerprint density at radius 2 is 2.00 bits per heavy atom. The number of rotatable bonds is 4. The van der Waals surface area contributed by atoms with Crippen molar-refractivity contribution in [2.45, 2.75) is 25.8 Å². The van der Waals surface area contributed by atoms with Crippen molar-refractivity contribution in [2.24, 2.45) is 5.73 Å². The number of halogens is 1. The molecule has 3 nitrogen and oxygen atoms in total. The predicted molar refractivity (Wildman–Crippen MR) is 85.4 cm³/mol. The maximum Gasteiger partial charge on any atom is 0.212 e. The molecule has 1 atom stereocenters. The molecule has 0 radical (unpaired) electrons. The summed E-state index contributed by atoms with van der Waals surface area (Å²) < 4.78 is 5.81. The van der Waals surface area contributed by atoms with E-state index in [-0.39, 0.29) is 6.04 Å². The van der Waals surface area contributed by atoms with Crippen LogP contribution in [-0.2, 0) is 6.42 Å². The number of aryl methyl sites for hydroxylation is 2. The van der Waals surface area contributed by atoms with Gasteiger partial charge in [-0.05, 0) is 43.0 Å². The minimum absolute atomic E-state index is 0.212. The second kappa shape index (κ2) is 5.88. The fourth-order valence-corrected chi connectivity index (χ4v) is 2.69. The van der Waals surface area contributed by atoms with E-state index in [2.05, 4.69) is 17.1 Å². The van der Waals surface area contributed by atoms with Crippen LogP contribution in [0.1, 0.15) is 29.5 Å². The van der Waals surface area contributed by atoms with E-state index in [1.165, 1.54) is 5.56 Å². The molecule has 3 aromatic rings. The molecule has 0 aliphatic heterocycles. The van der Waals surface area contributed by atoms with Gasteiger partial charge in [0.05, 0.1) is 6.04 Å². The zero-order valence-corrected chi connectivity index (χ0v) is 12.6. The Morgan fingerprint density at radius 3 is 2.76 bits per heavy atom. The van der Waals surface area contributed by atoms with Gasteiger partial charge < -0.3 is 10.2 Å². The Balaban J connectivity index is 1.78. The zero-order valence-electron chi connectivity index (χ0n) is 11.8. The number of hydrogen-bond acceptors (Lipinski definition) is 3. The molecule has 2 N–H and O–H groups in total. The first-order valence-electron chi connectivity index (χ1n) is 6.99. The summed E-state index contributed by atoms with van der Waals surface area (Å²) in [5.74, 6) is 0.575. The molecule has 21 heavy (non-hydrogen) atoms. The lowest BCUT2D eigenvalue weighted by molar-refractivity contribution is 0.458. The number of nitrogens with zero attached hydrogens (tertiary/aromatic N) is 1. The Morgan fingerprint density at radius 1 is 1.24 bits per heavy atom. The fourth-order valence-electron chi connectivity index (χ4n) is 2.42. The van der Waals surface area contributed by atoms with Crippen LogP contribution in [0.15, 0.2) is 46.9 Å². The van der Waals surface area contributed by atoms with E-state index >= 15 is 0 Å². The number of oxazole rings is 1. The van der Waals surface area contributed by atoms with Crippen LogP contribution in [0.2, 0.25) is 5.02 Å². The third-order valence-electron chi connectivity index (χ3n) is 3.56. The second-order valence-corrected chi connectivity index (χ2v) is 5.69. The standard InChI is InChI=1S/C17H17ClN2O/c1-11-9-13(18)10-15-16(11)21-17(20-15)14(19)8-7-12-5-3-2-4-6-12/h2-6,9-10,14H,7-8,19H2,1H3. The van der Waals surface area contributed by atoms with Crippen molar-refractivity contribution in [1.82, 2.24) is 4.98 Å². The Kier molecular flexibility index (Phi) is 3.95. The van der Waals surface area contributed by atoms with Crippen molar-refractivity contribution in [3.63, 3.8) is 0 Å². The molecular formula is C17H17ClN2O. The van der Waals surface area contributed by atoms with Crippen molar-refractivity contribution in [3.8, 4) is 0 Å². The zero-order chi connectivity index (χ0) is 14.8. The molecule has 0 aliphatic carbocycles. The fraction of sp³-hybridized carbons (Fsp3) is 0.235. The number of nitrogens with two attached hydrogens (primary N) is 1. The average Bonchev–Trinajstić information content (AvgIpc) is 2.90. The summed E-state index contributed by atoms with van der Waals surface area (Å²) in [6, 6.07) is 13.7. The molecule has 0 fully saturated rings. The maximum atomic E-state index is 6.21. The highest BCUT2D eigenvalue weighted by Crippen LogP contribution is 2.27. The summed E-state index contributed by atoms with van der Waals surface area (Å²) in [5.41, 5.74) is 9.99. The van der Waals surface area contributed by atoms with Gasteiger partial charge in [-0.25, -0.2) is 4.98 Å². The monoisotopic (exact) mass is 300 g/mol. The summed E-state index contributed by atoms with van der Waals surface area (Å²) in [6.07, 6.45) is 1.70. The predicted octanol–water partition coefficient (Wildman–Crippen LogP) is 4.42. The van der Waals surface area contributed by atoms with Crippen molar-refractivity contribution in [1.29, 1.82) is 0 Å². The van der Waals surface area contributed by atoms with Crippen LogP contribution in [0.4, 0.5) is 0 Å². The minimum atomic E-state index is -0.212. The van der Waals surface area contributed by atoms with E-state index in [0.717, 1.165) is 29.5 Å². The SMILES string of the molecule is Cc1cc(Cl)cc2nc(C(N)CCc3ccccc3)oc12. The first-order valence-corrected chi connectivity index (χ1v) is 7.37. The topological polar surface area (TPSA) is 52.0 Å². The van der Waals surface area contributed by atoms with Gasteiger partial charge in [-0.3, -0.25) is 0 Å². The molecule has 0 saturated carbocycles. The lowest BCUT2D eigenvalue weighted by Gasteiger charge is -2.07. The van der Waals surface area contributed by atoms with Crippen LogP contribution < -0.4 is 5.73 Å². The number of aromatic nitrogens is 1. The third-order valence-corrected chi connectivity index (χ3v) is 3.78. The molecule has 1 heterocycles. The van der Waals surface area contributed by atoms with Gasteiger partial charge in [-0.1, -0.05) is 41.9 Å². The Labute approximate surface area is 128 Å². The molecule has 0 spiro atoms. The molecule has 108 valence electrons. The second-order valence-electron chi connectivity index (χ2n) is 5.25. The number of fused-ring (bicyclic) bond motifs is 1. The van der Waals surface area contributed by atoms with Crippen molar-refractivity contribution in [3.05, 3.63) is 64.5 Å². The van der Waals surface area contributed by atoms with Gasteiger partial charge in [0.2, 0.25) is 5.89 Å². The molecular weight excluding hydrogens is 284 g/mol. The minimum Gasteiger partial charge on any atom is -0.439 e. The molecule has 0 amide bonds. The molecule has 1 aromatic heterocycles. The molecule has 0 saturated heterocycles. The highest BCUT2D eigenvalue weighted by atomic mass is 35.5. The third kappa shape index (κ3) is 3.09. The van der Waals surface area contributed by atoms with Gasteiger partial charge in [-0.2, -0.15) is 0 Å². The lowest BCUT2D eigenvalue weighted by Crippen LogP contribution is -2.11. The van der Waals surface area contributed by atoms with Crippen molar-refractivity contribution < 1.29 is 4.42 Å². The summed E-state index contributed by atoms with van der Waals surface area (Å²) in [6.45, 7) is 1.96. The van der Waals surface area contributed by atoms with Crippen molar-refractivity contribution in [2.75, 3.05) is 0 Å². The van der Waals surface area contributed by atoms with Gasteiger partial charge in [-0.15, -0.1) is 0 Å². The summed E-state index contributed by atoms with van der Waals surface area (Å²) in [4.78, 5) is 4.47. The van der Waals surface area contributed by atoms with E-state index in [4.69, 9.17) is 21.8 Å². The first-order chi connectivity index (χ1) is 10.1. The summed E-state index contributed by atoms with van der Waals surface area (Å²) in [5, 5.41) is 0.665.